The number of amides is 1. The first-order valence-electron chi connectivity index (χ1n) is 12.1. The van der Waals surface area contributed by atoms with E-state index in [1.807, 2.05) is 44.4 Å². The van der Waals surface area contributed by atoms with Crippen LogP contribution in [-0.2, 0) is 4.74 Å². The van der Waals surface area contributed by atoms with Gasteiger partial charge < -0.3 is 29.8 Å². The number of fused-ring (bicyclic) bond motifs is 1. The highest BCUT2D eigenvalue weighted by Gasteiger charge is 2.20. The van der Waals surface area contributed by atoms with Crippen molar-refractivity contribution in [2.45, 2.75) is 6.42 Å². The van der Waals surface area contributed by atoms with Crippen LogP contribution in [0.3, 0.4) is 0 Å². The molecular weight excluding hydrogens is 484 g/mol. The van der Waals surface area contributed by atoms with Gasteiger partial charge in [-0.05, 0) is 57.4 Å². The highest BCUT2D eigenvalue weighted by Crippen LogP contribution is 2.33. The lowest BCUT2D eigenvalue weighted by molar-refractivity contribution is 0.0952. The first-order chi connectivity index (χ1) is 18.4. The molecule has 1 aromatic heterocycles. The summed E-state index contributed by atoms with van der Waals surface area (Å²) in [4.78, 5) is 34.1. The van der Waals surface area contributed by atoms with Crippen LogP contribution < -0.4 is 10.1 Å². The number of rotatable bonds is 9. The van der Waals surface area contributed by atoms with E-state index < -0.39 is 6.16 Å². The number of aromatic amines is 1. The smallest absolute Gasteiger partial charge is 0.494 e. The SMILES string of the molecule is COC(=O)Oc1ccc2c(C(=Nc3cccc(C(=O)NCCCN(C)C)c3)c3ccccc3)c(O)[nH]c2c1. The summed E-state index contributed by atoms with van der Waals surface area (Å²) >= 11 is 0. The Kier molecular flexibility index (Phi) is 8.40. The van der Waals surface area contributed by atoms with Crippen molar-refractivity contribution in [2.24, 2.45) is 4.99 Å². The number of nitrogens with zero attached hydrogens (tertiary/aromatic N) is 2. The third-order valence-corrected chi connectivity index (χ3v) is 5.82. The third-order valence-electron chi connectivity index (χ3n) is 5.82. The van der Waals surface area contributed by atoms with Crippen LogP contribution in [0, 0.1) is 0 Å². The maximum atomic E-state index is 12.7. The molecule has 196 valence electrons. The average molecular weight is 515 g/mol. The summed E-state index contributed by atoms with van der Waals surface area (Å²) in [7, 11) is 5.22. The predicted molar refractivity (Wildman–Crippen MR) is 147 cm³/mol. The Morgan fingerprint density at radius 2 is 1.76 bits per heavy atom. The molecule has 9 heteroatoms. The zero-order valence-corrected chi connectivity index (χ0v) is 21.5. The molecule has 0 saturated carbocycles. The van der Waals surface area contributed by atoms with Gasteiger partial charge in [0, 0.05) is 29.1 Å². The summed E-state index contributed by atoms with van der Waals surface area (Å²) in [6.07, 6.45) is 0.00883. The van der Waals surface area contributed by atoms with E-state index in [9.17, 15) is 14.7 Å². The normalized spacial score (nSPS) is 11.5. The van der Waals surface area contributed by atoms with Gasteiger partial charge in [-0.25, -0.2) is 9.79 Å². The maximum Gasteiger partial charge on any atom is 0.513 e. The van der Waals surface area contributed by atoms with Crippen LogP contribution in [0.25, 0.3) is 10.9 Å². The number of carbonyl (C=O) groups excluding carboxylic acids is 2. The maximum absolute atomic E-state index is 12.7. The molecule has 38 heavy (non-hydrogen) atoms. The molecule has 0 aliphatic rings. The number of benzene rings is 3. The van der Waals surface area contributed by atoms with E-state index in [0.29, 0.717) is 40.0 Å². The standard InChI is InChI=1S/C29H30N4O5/c1-33(2)16-8-15-30-27(34)20-11-7-12-21(17-20)31-26(19-9-5-4-6-10-19)25-23-14-13-22(38-29(36)37-3)18-24(23)32-28(25)35/h4-7,9-14,17-18,32,35H,8,15-16H2,1-3H3,(H,30,34). The Morgan fingerprint density at radius 1 is 1.00 bits per heavy atom. The van der Waals surface area contributed by atoms with Crippen LogP contribution in [0.1, 0.15) is 27.9 Å². The van der Waals surface area contributed by atoms with Crippen molar-refractivity contribution in [1.29, 1.82) is 0 Å². The molecule has 0 unspecified atom stereocenters. The first-order valence-corrected chi connectivity index (χ1v) is 12.1. The number of hydrogen-bond donors (Lipinski definition) is 3. The van der Waals surface area contributed by atoms with Crippen molar-refractivity contribution in [2.75, 3.05) is 34.3 Å². The van der Waals surface area contributed by atoms with E-state index in [1.54, 1.807) is 42.5 Å². The van der Waals surface area contributed by atoms with Gasteiger partial charge in [-0.15, -0.1) is 0 Å². The molecule has 4 rings (SSSR count). The zero-order chi connectivity index (χ0) is 27.1. The number of hydrogen-bond acceptors (Lipinski definition) is 7. The molecule has 0 radical (unpaired) electrons. The second-order valence-corrected chi connectivity index (χ2v) is 8.90. The number of carbonyl (C=O) groups is 2. The van der Waals surface area contributed by atoms with Gasteiger partial charge in [0.2, 0.25) is 0 Å². The summed E-state index contributed by atoms with van der Waals surface area (Å²) in [6.45, 7) is 1.46. The largest absolute Gasteiger partial charge is 0.513 e. The molecule has 4 aromatic rings. The molecule has 3 aromatic carbocycles. The Labute approximate surface area is 220 Å². The van der Waals surface area contributed by atoms with Gasteiger partial charge in [0.25, 0.3) is 5.91 Å². The minimum atomic E-state index is -0.839. The van der Waals surface area contributed by atoms with E-state index in [0.717, 1.165) is 18.5 Å². The van der Waals surface area contributed by atoms with E-state index in [-0.39, 0.29) is 17.5 Å². The number of methoxy groups -OCH3 is 1. The zero-order valence-electron chi connectivity index (χ0n) is 21.5. The highest BCUT2D eigenvalue weighted by molar-refractivity contribution is 6.22. The summed E-state index contributed by atoms with van der Waals surface area (Å²) in [5.41, 5.74) is 3.37. The lowest BCUT2D eigenvalue weighted by Gasteiger charge is -2.11. The summed E-state index contributed by atoms with van der Waals surface area (Å²) in [5.74, 6) is 0.00222. The fraction of sp³-hybridized carbons (Fsp3) is 0.207. The Morgan fingerprint density at radius 3 is 2.50 bits per heavy atom. The van der Waals surface area contributed by atoms with E-state index in [2.05, 4.69) is 19.9 Å². The molecule has 0 atom stereocenters. The Hall–Kier alpha value is -4.63. The van der Waals surface area contributed by atoms with Gasteiger partial charge in [0.1, 0.15) is 5.75 Å². The number of ether oxygens (including phenoxy) is 2. The van der Waals surface area contributed by atoms with Crippen LogP contribution in [0.2, 0.25) is 0 Å². The number of aliphatic imine (C=N–C) groups is 1. The highest BCUT2D eigenvalue weighted by atomic mass is 16.7. The molecule has 1 amide bonds. The van der Waals surface area contributed by atoms with Gasteiger partial charge in [-0.3, -0.25) is 4.79 Å². The van der Waals surface area contributed by atoms with Crippen LogP contribution in [0.15, 0.2) is 77.8 Å². The van der Waals surface area contributed by atoms with Gasteiger partial charge in [0.15, 0.2) is 5.88 Å². The van der Waals surface area contributed by atoms with Crippen LogP contribution in [-0.4, -0.2) is 67.1 Å². The molecule has 3 N–H and O–H groups in total. The number of H-pyrrole nitrogens is 1. The van der Waals surface area contributed by atoms with Crippen molar-refractivity contribution in [3.63, 3.8) is 0 Å². The third kappa shape index (κ3) is 6.37. The summed E-state index contributed by atoms with van der Waals surface area (Å²) in [5, 5.41) is 14.6. The topological polar surface area (TPSA) is 116 Å². The lowest BCUT2D eigenvalue weighted by Crippen LogP contribution is -2.27. The van der Waals surface area contributed by atoms with E-state index in [4.69, 9.17) is 9.73 Å². The van der Waals surface area contributed by atoms with Gasteiger partial charge in [-0.2, -0.15) is 0 Å². The predicted octanol–water partition coefficient (Wildman–Crippen LogP) is 4.87. The molecule has 0 fully saturated rings. The molecule has 0 aliphatic heterocycles. The van der Waals surface area contributed by atoms with Crippen LogP contribution in [0.4, 0.5) is 10.5 Å². The van der Waals surface area contributed by atoms with Crippen molar-refractivity contribution in [3.05, 3.63) is 89.5 Å². The molecule has 9 nitrogen and oxygen atoms in total. The van der Waals surface area contributed by atoms with Gasteiger partial charge >= 0.3 is 6.16 Å². The summed E-state index contributed by atoms with van der Waals surface area (Å²) < 4.78 is 9.66. The first kappa shape index (κ1) is 26.4. The van der Waals surface area contributed by atoms with Crippen molar-refractivity contribution in [3.8, 4) is 11.6 Å². The number of aromatic hydroxyl groups is 1. The fourth-order valence-electron chi connectivity index (χ4n) is 4.01. The molecule has 0 spiro atoms. The Balaban J connectivity index is 1.71. The van der Waals surface area contributed by atoms with Crippen molar-refractivity contribution in [1.82, 2.24) is 15.2 Å². The minimum Gasteiger partial charge on any atom is -0.494 e. The minimum absolute atomic E-state index is 0.0902. The quantitative estimate of drug-likeness (QED) is 0.127. The van der Waals surface area contributed by atoms with Crippen LogP contribution >= 0.6 is 0 Å². The monoisotopic (exact) mass is 514 g/mol. The second-order valence-electron chi connectivity index (χ2n) is 8.90. The van der Waals surface area contributed by atoms with Crippen molar-refractivity contribution >= 4 is 34.4 Å². The average Bonchev–Trinajstić information content (AvgIpc) is 3.24. The lowest BCUT2D eigenvalue weighted by atomic mass is 10.0. The molecule has 1 heterocycles. The fourth-order valence-corrected chi connectivity index (χ4v) is 4.01. The Bertz CT molecular complexity index is 1460. The van der Waals surface area contributed by atoms with Crippen molar-refractivity contribution < 1.29 is 24.2 Å². The van der Waals surface area contributed by atoms with Gasteiger partial charge in [0.05, 0.1) is 29.6 Å². The molecule has 0 saturated heterocycles. The van der Waals surface area contributed by atoms with E-state index in [1.165, 1.54) is 7.11 Å². The van der Waals surface area contributed by atoms with E-state index >= 15 is 0 Å². The van der Waals surface area contributed by atoms with Gasteiger partial charge in [-0.1, -0.05) is 36.4 Å². The molecular formula is C29H30N4O5. The summed E-state index contributed by atoms with van der Waals surface area (Å²) in [6, 6.07) is 21.4. The molecule has 0 aliphatic carbocycles. The molecule has 0 bridgehead atoms. The number of aromatic nitrogens is 1. The second kappa shape index (κ2) is 12.1. The number of nitrogens with one attached hydrogen (secondary N) is 2. The van der Waals surface area contributed by atoms with Crippen LogP contribution in [0.5, 0.6) is 11.6 Å².